The smallest absolute Gasteiger partial charge is 0.243 e. The van der Waals surface area contributed by atoms with Crippen LogP contribution in [0.5, 0.6) is 0 Å². The Kier molecular flexibility index (Phi) is 8.60. The van der Waals surface area contributed by atoms with E-state index in [2.05, 4.69) is 54.1 Å². The van der Waals surface area contributed by atoms with Gasteiger partial charge in [0.15, 0.2) is 0 Å². The third kappa shape index (κ3) is 6.99. The summed E-state index contributed by atoms with van der Waals surface area (Å²) in [5.41, 5.74) is 5.25. The van der Waals surface area contributed by atoms with Gasteiger partial charge >= 0.3 is 0 Å². The van der Waals surface area contributed by atoms with Crippen molar-refractivity contribution in [2.45, 2.75) is 60.0 Å². The van der Waals surface area contributed by atoms with E-state index < -0.39 is 6.04 Å². The van der Waals surface area contributed by atoms with Crippen molar-refractivity contribution < 1.29 is 9.59 Å². The molecule has 2 rings (SSSR count). The lowest BCUT2D eigenvalue weighted by molar-refractivity contribution is -0.125. The Morgan fingerprint density at radius 2 is 1.50 bits per heavy atom. The standard InChI is InChI=1S/C25H35N3O2/c1-16(2)14-21-10-12-22(13-11-21)19(5)27-20(6)25(30)26-15-23(29)28-24-17(3)8-7-9-18(24)4/h7-13,16,19-20,27H,14-15H2,1-6H3,(H,26,30)(H,28,29)/t19-,20-/m1/s1. The van der Waals surface area contributed by atoms with Crippen LogP contribution in [0, 0.1) is 19.8 Å². The number of carbonyl (C=O) groups excluding carboxylic acids is 2. The second kappa shape index (κ2) is 10.9. The summed E-state index contributed by atoms with van der Waals surface area (Å²) in [4.78, 5) is 24.7. The zero-order valence-corrected chi connectivity index (χ0v) is 19.0. The fourth-order valence-corrected chi connectivity index (χ4v) is 3.48. The first-order valence-electron chi connectivity index (χ1n) is 10.7. The molecule has 0 fully saturated rings. The molecule has 0 saturated heterocycles. The monoisotopic (exact) mass is 409 g/mol. The molecule has 0 spiro atoms. The number of nitrogens with one attached hydrogen (secondary N) is 3. The molecule has 0 bridgehead atoms. The lowest BCUT2D eigenvalue weighted by Crippen LogP contribution is -2.45. The highest BCUT2D eigenvalue weighted by Crippen LogP contribution is 2.19. The maximum Gasteiger partial charge on any atom is 0.243 e. The van der Waals surface area contributed by atoms with Gasteiger partial charge in [0.05, 0.1) is 12.6 Å². The van der Waals surface area contributed by atoms with E-state index in [1.807, 2.05) is 45.9 Å². The van der Waals surface area contributed by atoms with Crippen molar-refractivity contribution in [1.29, 1.82) is 0 Å². The molecule has 2 amide bonds. The van der Waals surface area contributed by atoms with Gasteiger partial charge in [0.2, 0.25) is 11.8 Å². The van der Waals surface area contributed by atoms with E-state index in [1.165, 1.54) is 5.56 Å². The van der Waals surface area contributed by atoms with Gasteiger partial charge in [-0.05, 0) is 62.3 Å². The number of para-hydroxylation sites is 1. The summed E-state index contributed by atoms with van der Waals surface area (Å²) in [6.45, 7) is 12.1. The van der Waals surface area contributed by atoms with E-state index in [1.54, 1.807) is 0 Å². The van der Waals surface area contributed by atoms with Crippen molar-refractivity contribution in [3.63, 3.8) is 0 Å². The fourth-order valence-electron chi connectivity index (χ4n) is 3.48. The summed E-state index contributed by atoms with van der Waals surface area (Å²) >= 11 is 0. The van der Waals surface area contributed by atoms with E-state index in [0.29, 0.717) is 5.92 Å². The molecule has 3 N–H and O–H groups in total. The van der Waals surface area contributed by atoms with Crippen LogP contribution in [0.3, 0.4) is 0 Å². The molecule has 0 aliphatic heterocycles. The molecule has 2 aromatic carbocycles. The number of rotatable bonds is 9. The molecular formula is C25H35N3O2. The largest absolute Gasteiger partial charge is 0.346 e. The third-order valence-electron chi connectivity index (χ3n) is 5.19. The lowest BCUT2D eigenvalue weighted by Gasteiger charge is -2.20. The third-order valence-corrected chi connectivity index (χ3v) is 5.19. The van der Waals surface area contributed by atoms with Crippen LogP contribution in [-0.4, -0.2) is 24.4 Å². The van der Waals surface area contributed by atoms with Crippen LogP contribution in [0.25, 0.3) is 0 Å². The van der Waals surface area contributed by atoms with E-state index in [0.717, 1.165) is 28.8 Å². The summed E-state index contributed by atoms with van der Waals surface area (Å²) in [5, 5.41) is 8.90. The van der Waals surface area contributed by atoms with Gasteiger partial charge in [-0.1, -0.05) is 56.3 Å². The second-order valence-electron chi connectivity index (χ2n) is 8.48. The Morgan fingerprint density at radius 3 is 2.07 bits per heavy atom. The summed E-state index contributed by atoms with van der Waals surface area (Å²) in [6.07, 6.45) is 1.06. The van der Waals surface area contributed by atoms with Crippen LogP contribution in [-0.2, 0) is 16.0 Å². The Balaban J connectivity index is 1.83. The number of hydrogen-bond acceptors (Lipinski definition) is 3. The molecule has 30 heavy (non-hydrogen) atoms. The molecule has 2 aromatic rings. The van der Waals surface area contributed by atoms with Gasteiger partial charge in [0, 0.05) is 11.7 Å². The highest BCUT2D eigenvalue weighted by molar-refractivity contribution is 5.96. The summed E-state index contributed by atoms with van der Waals surface area (Å²) in [5.74, 6) is 0.193. The Labute approximate surface area is 180 Å². The zero-order valence-electron chi connectivity index (χ0n) is 19.0. The molecule has 0 aromatic heterocycles. The predicted octanol–water partition coefficient (Wildman–Crippen LogP) is 4.30. The molecule has 5 heteroatoms. The van der Waals surface area contributed by atoms with Crippen LogP contribution in [0.1, 0.15) is 56.0 Å². The van der Waals surface area contributed by atoms with Gasteiger partial charge in [-0.25, -0.2) is 0 Å². The molecule has 0 aliphatic carbocycles. The number of amides is 2. The van der Waals surface area contributed by atoms with Crippen molar-refractivity contribution in [3.8, 4) is 0 Å². The van der Waals surface area contributed by atoms with Crippen LogP contribution in [0.4, 0.5) is 5.69 Å². The number of anilines is 1. The molecule has 0 aliphatic rings. The first kappa shape index (κ1) is 23.6. The van der Waals surface area contributed by atoms with Crippen LogP contribution in [0.2, 0.25) is 0 Å². The second-order valence-corrected chi connectivity index (χ2v) is 8.48. The number of aryl methyl sites for hydroxylation is 2. The topological polar surface area (TPSA) is 70.2 Å². The summed E-state index contributed by atoms with van der Waals surface area (Å²) in [6, 6.07) is 14.0. The van der Waals surface area contributed by atoms with E-state index in [4.69, 9.17) is 0 Å². The number of carbonyl (C=O) groups is 2. The van der Waals surface area contributed by atoms with Crippen molar-refractivity contribution in [2.24, 2.45) is 5.92 Å². The average molecular weight is 410 g/mol. The highest BCUT2D eigenvalue weighted by atomic mass is 16.2. The minimum atomic E-state index is -0.414. The fraction of sp³-hybridized carbons (Fsp3) is 0.440. The van der Waals surface area contributed by atoms with Crippen LogP contribution < -0.4 is 16.0 Å². The Morgan fingerprint density at radius 1 is 0.900 bits per heavy atom. The Hall–Kier alpha value is -2.66. The first-order valence-corrected chi connectivity index (χ1v) is 10.7. The van der Waals surface area contributed by atoms with E-state index in [9.17, 15) is 9.59 Å². The van der Waals surface area contributed by atoms with Gasteiger partial charge in [-0.3, -0.25) is 14.9 Å². The van der Waals surface area contributed by atoms with Gasteiger partial charge in [0.25, 0.3) is 0 Å². The van der Waals surface area contributed by atoms with Gasteiger partial charge < -0.3 is 10.6 Å². The SMILES string of the molecule is Cc1cccc(C)c1NC(=O)CNC(=O)[C@@H](C)N[C@H](C)c1ccc(CC(C)C)cc1. The molecule has 2 atom stereocenters. The molecule has 5 nitrogen and oxygen atoms in total. The molecular weight excluding hydrogens is 374 g/mol. The normalized spacial score (nSPS) is 13.0. The number of benzene rings is 2. The lowest BCUT2D eigenvalue weighted by atomic mass is 9.99. The van der Waals surface area contributed by atoms with Crippen molar-refractivity contribution >= 4 is 17.5 Å². The summed E-state index contributed by atoms with van der Waals surface area (Å²) in [7, 11) is 0. The maximum atomic E-state index is 12.4. The van der Waals surface area contributed by atoms with Gasteiger partial charge in [-0.2, -0.15) is 0 Å². The van der Waals surface area contributed by atoms with Crippen molar-refractivity contribution in [1.82, 2.24) is 10.6 Å². The van der Waals surface area contributed by atoms with Gasteiger partial charge in [-0.15, -0.1) is 0 Å². The minimum absolute atomic E-state index is 0.0299. The molecule has 0 radical (unpaired) electrons. The van der Waals surface area contributed by atoms with Gasteiger partial charge in [0.1, 0.15) is 0 Å². The molecule has 0 unspecified atom stereocenters. The molecule has 162 valence electrons. The highest BCUT2D eigenvalue weighted by Gasteiger charge is 2.17. The number of hydrogen-bond donors (Lipinski definition) is 3. The van der Waals surface area contributed by atoms with E-state index in [-0.39, 0.29) is 24.4 Å². The molecule has 0 heterocycles. The average Bonchev–Trinajstić information content (AvgIpc) is 2.69. The van der Waals surface area contributed by atoms with Crippen molar-refractivity contribution in [3.05, 3.63) is 64.7 Å². The first-order chi connectivity index (χ1) is 14.2. The Bertz CT molecular complexity index is 839. The maximum absolute atomic E-state index is 12.4. The quantitative estimate of drug-likeness (QED) is 0.578. The van der Waals surface area contributed by atoms with Crippen molar-refractivity contribution in [2.75, 3.05) is 11.9 Å². The minimum Gasteiger partial charge on any atom is -0.346 e. The van der Waals surface area contributed by atoms with Crippen LogP contribution >= 0.6 is 0 Å². The zero-order chi connectivity index (χ0) is 22.3. The van der Waals surface area contributed by atoms with E-state index >= 15 is 0 Å². The summed E-state index contributed by atoms with van der Waals surface area (Å²) < 4.78 is 0. The molecule has 0 saturated carbocycles. The predicted molar refractivity (Wildman–Crippen MR) is 124 cm³/mol. The van der Waals surface area contributed by atoms with Crippen LogP contribution in [0.15, 0.2) is 42.5 Å².